The number of rotatable bonds is 11. The molecule has 3 nitrogen and oxygen atoms in total. The highest BCUT2D eigenvalue weighted by Crippen LogP contribution is 2.10. The average molecular weight is 336 g/mol. The third-order valence-corrected chi connectivity index (χ3v) is 4.09. The van der Waals surface area contributed by atoms with Crippen LogP contribution in [0.25, 0.3) is 0 Å². The molecule has 0 aliphatic rings. The maximum absolute atomic E-state index is 10.8. The smallest absolute Gasteiger partial charge is 0.264 e. The molecule has 1 rings (SSSR count). The predicted octanol–water partition coefficient (Wildman–Crippen LogP) is 4.53. The fourth-order valence-electron chi connectivity index (χ4n) is 2.27. The summed E-state index contributed by atoms with van der Waals surface area (Å²) in [5.74, 6) is 6.41. The van der Waals surface area contributed by atoms with Crippen LogP contribution >= 0.6 is 0 Å². The molecule has 0 radical (unpaired) electrons. The lowest BCUT2D eigenvalue weighted by molar-refractivity contribution is 0.309. The van der Waals surface area contributed by atoms with Gasteiger partial charge in [0.15, 0.2) is 0 Å². The van der Waals surface area contributed by atoms with Gasteiger partial charge in [0, 0.05) is 12.0 Å². The van der Waals surface area contributed by atoms with Gasteiger partial charge in [-0.2, -0.15) is 8.42 Å². The van der Waals surface area contributed by atoms with E-state index in [1.165, 1.54) is 32.1 Å². The summed E-state index contributed by atoms with van der Waals surface area (Å²) in [4.78, 5) is 0. The van der Waals surface area contributed by atoms with E-state index in [4.69, 9.17) is 4.18 Å². The van der Waals surface area contributed by atoms with Gasteiger partial charge in [-0.1, -0.05) is 68.6 Å². The molecule has 1 aromatic carbocycles. The van der Waals surface area contributed by atoms with Crippen molar-refractivity contribution in [2.24, 2.45) is 0 Å². The van der Waals surface area contributed by atoms with Crippen molar-refractivity contribution in [1.82, 2.24) is 0 Å². The second-order valence-corrected chi connectivity index (χ2v) is 7.42. The van der Waals surface area contributed by atoms with Crippen molar-refractivity contribution in [1.29, 1.82) is 0 Å². The summed E-state index contributed by atoms with van der Waals surface area (Å²) >= 11 is 0. The Kier molecular flexibility index (Phi) is 10.4. The Morgan fingerprint density at radius 1 is 0.870 bits per heavy atom. The van der Waals surface area contributed by atoms with Crippen molar-refractivity contribution >= 4 is 10.1 Å². The van der Waals surface area contributed by atoms with Gasteiger partial charge in [-0.25, -0.2) is 0 Å². The third kappa shape index (κ3) is 12.9. The van der Waals surface area contributed by atoms with Crippen LogP contribution in [0.5, 0.6) is 0 Å². The highest BCUT2D eigenvalue weighted by molar-refractivity contribution is 7.85. The fraction of sp³-hybridized carbons (Fsp3) is 0.579. The molecule has 0 saturated heterocycles. The lowest BCUT2D eigenvalue weighted by Gasteiger charge is -2.02. The van der Waals surface area contributed by atoms with Crippen LogP contribution in [-0.4, -0.2) is 21.3 Å². The summed E-state index contributed by atoms with van der Waals surface area (Å²) in [6.07, 6.45) is 11.2. The van der Waals surface area contributed by atoms with Crippen molar-refractivity contribution in [3.8, 4) is 11.8 Å². The minimum absolute atomic E-state index is 0.318. The largest absolute Gasteiger partial charge is 0.270 e. The van der Waals surface area contributed by atoms with E-state index in [0.717, 1.165) is 37.5 Å². The van der Waals surface area contributed by atoms with Crippen LogP contribution in [0.2, 0.25) is 0 Å². The van der Waals surface area contributed by atoms with Gasteiger partial charge in [0.1, 0.15) is 0 Å². The molecule has 0 aliphatic heterocycles. The van der Waals surface area contributed by atoms with Crippen molar-refractivity contribution < 1.29 is 12.6 Å². The highest BCUT2D eigenvalue weighted by atomic mass is 32.2. The molecule has 4 heteroatoms. The Labute approximate surface area is 141 Å². The number of hydrogen-bond donors (Lipinski definition) is 0. The Bertz CT molecular complexity index is 568. The number of unbranched alkanes of at least 4 members (excludes halogenated alkanes) is 8. The van der Waals surface area contributed by atoms with E-state index in [-0.39, 0.29) is 0 Å². The van der Waals surface area contributed by atoms with Crippen molar-refractivity contribution in [3.05, 3.63) is 35.9 Å². The zero-order chi connectivity index (χ0) is 16.8. The summed E-state index contributed by atoms with van der Waals surface area (Å²) in [5.41, 5.74) is 1.09. The van der Waals surface area contributed by atoms with Crippen LogP contribution in [-0.2, 0) is 14.3 Å². The lowest BCUT2D eigenvalue weighted by atomic mass is 10.1. The molecule has 0 spiro atoms. The molecule has 0 bridgehead atoms. The quantitative estimate of drug-likeness (QED) is 0.339. The van der Waals surface area contributed by atoms with Gasteiger partial charge >= 0.3 is 0 Å². The number of benzene rings is 1. The van der Waals surface area contributed by atoms with Crippen LogP contribution in [0.1, 0.15) is 63.4 Å². The molecule has 0 saturated carbocycles. The van der Waals surface area contributed by atoms with E-state index in [2.05, 4.69) is 11.8 Å². The third-order valence-electron chi connectivity index (χ3n) is 3.50. The molecule has 0 unspecified atom stereocenters. The second kappa shape index (κ2) is 12.2. The lowest BCUT2D eigenvalue weighted by Crippen LogP contribution is -2.03. The average Bonchev–Trinajstić information content (AvgIpc) is 2.52. The van der Waals surface area contributed by atoms with Gasteiger partial charge in [0.25, 0.3) is 10.1 Å². The molecule has 0 aliphatic carbocycles. The molecule has 0 amide bonds. The normalized spacial score (nSPS) is 11.0. The van der Waals surface area contributed by atoms with E-state index in [0.29, 0.717) is 6.61 Å². The van der Waals surface area contributed by atoms with Gasteiger partial charge in [0.2, 0.25) is 0 Å². The minimum Gasteiger partial charge on any atom is -0.270 e. The van der Waals surface area contributed by atoms with Gasteiger partial charge in [-0.3, -0.25) is 4.18 Å². The predicted molar refractivity (Wildman–Crippen MR) is 95.7 cm³/mol. The molecular formula is C19H28O3S. The van der Waals surface area contributed by atoms with E-state index in [9.17, 15) is 8.42 Å². The van der Waals surface area contributed by atoms with Crippen LogP contribution < -0.4 is 0 Å². The Hall–Kier alpha value is -1.31. The summed E-state index contributed by atoms with van der Waals surface area (Å²) in [6, 6.07) is 10.1. The SMILES string of the molecule is CS(=O)(=O)OCCCCCCCCCCC#Cc1ccccc1. The molecule has 23 heavy (non-hydrogen) atoms. The summed E-state index contributed by atoms with van der Waals surface area (Å²) < 4.78 is 26.2. The van der Waals surface area contributed by atoms with Crippen molar-refractivity contribution in [2.45, 2.75) is 57.8 Å². The van der Waals surface area contributed by atoms with Crippen LogP contribution in [0.4, 0.5) is 0 Å². The standard InChI is InChI=1S/C19H28O3S/c1-23(20,21)22-18-14-9-7-5-3-2-4-6-8-11-15-19-16-12-10-13-17-19/h10,12-13,16-17H,2-9,14,18H2,1H3. The van der Waals surface area contributed by atoms with E-state index >= 15 is 0 Å². The van der Waals surface area contributed by atoms with Crippen LogP contribution in [0, 0.1) is 11.8 Å². The zero-order valence-corrected chi connectivity index (χ0v) is 14.9. The van der Waals surface area contributed by atoms with Crippen LogP contribution in [0.15, 0.2) is 30.3 Å². The first-order valence-corrected chi connectivity index (χ1v) is 10.3. The van der Waals surface area contributed by atoms with E-state index in [1.807, 2.05) is 30.3 Å². The molecule has 0 fully saturated rings. The Morgan fingerprint density at radius 2 is 1.43 bits per heavy atom. The summed E-state index contributed by atoms with van der Waals surface area (Å²) in [6.45, 7) is 0.318. The number of hydrogen-bond acceptors (Lipinski definition) is 3. The summed E-state index contributed by atoms with van der Waals surface area (Å²) in [5, 5.41) is 0. The molecule has 1 aromatic rings. The first-order chi connectivity index (χ1) is 11.1. The van der Waals surface area contributed by atoms with Gasteiger partial charge in [-0.05, 0) is 25.0 Å². The molecule has 0 aromatic heterocycles. The van der Waals surface area contributed by atoms with Gasteiger partial charge < -0.3 is 0 Å². The maximum atomic E-state index is 10.8. The van der Waals surface area contributed by atoms with Crippen molar-refractivity contribution in [3.63, 3.8) is 0 Å². The second-order valence-electron chi connectivity index (χ2n) is 5.77. The molecule has 128 valence electrons. The Morgan fingerprint density at radius 3 is 2.04 bits per heavy atom. The topological polar surface area (TPSA) is 43.4 Å². The highest BCUT2D eigenvalue weighted by Gasteiger charge is 2.00. The zero-order valence-electron chi connectivity index (χ0n) is 14.1. The molecule has 0 heterocycles. The molecular weight excluding hydrogens is 308 g/mol. The summed E-state index contributed by atoms with van der Waals surface area (Å²) in [7, 11) is -3.27. The fourth-order valence-corrected chi connectivity index (χ4v) is 2.69. The monoisotopic (exact) mass is 336 g/mol. The Balaban J connectivity index is 1.86. The molecule has 0 atom stereocenters. The first kappa shape index (κ1) is 19.7. The first-order valence-electron chi connectivity index (χ1n) is 8.46. The van der Waals surface area contributed by atoms with Gasteiger partial charge in [-0.15, -0.1) is 0 Å². The van der Waals surface area contributed by atoms with Crippen molar-refractivity contribution in [2.75, 3.05) is 12.9 Å². The van der Waals surface area contributed by atoms with Gasteiger partial charge in [0.05, 0.1) is 12.9 Å². The molecule has 0 N–H and O–H groups in total. The minimum atomic E-state index is -3.27. The van der Waals surface area contributed by atoms with E-state index < -0.39 is 10.1 Å². The maximum Gasteiger partial charge on any atom is 0.264 e. The van der Waals surface area contributed by atoms with E-state index in [1.54, 1.807) is 0 Å². The van der Waals surface area contributed by atoms with Crippen LogP contribution in [0.3, 0.4) is 0 Å².